The summed E-state index contributed by atoms with van der Waals surface area (Å²) in [6.45, 7) is 4.17. The summed E-state index contributed by atoms with van der Waals surface area (Å²) in [5.41, 5.74) is 3.01. The van der Waals surface area contributed by atoms with Crippen LogP contribution in [0.25, 0.3) is 0 Å². The molecule has 1 nitrogen and oxygen atoms in total. The summed E-state index contributed by atoms with van der Waals surface area (Å²) < 4.78 is 48.8. The second kappa shape index (κ2) is 12.6. The number of hydrogen-bond acceptors (Lipinski definition) is 1. The number of hydrogen-bond donors (Lipinski definition) is 0. The third-order valence-corrected chi connectivity index (χ3v) is 8.85. The van der Waals surface area contributed by atoms with E-state index in [4.69, 9.17) is 4.74 Å². The van der Waals surface area contributed by atoms with E-state index in [0.717, 1.165) is 30.2 Å². The molecule has 0 saturated heterocycles. The average Bonchev–Trinajstić information content (AvgIpc) is 2.93. The van der Waals surface area contributed by atoms with E-state index >= 15 is 0 Å². The monoisotopic (exact) mass is 500 g/mol. The molecule has 0 radical (unpaired) electrons. The van der Waals surface area contributed by atoms with Gasteiger partial charge in [-0.25, -0.2) is 4.39 Å². The first kappa shape index (κ1) is 27.2. The lowest BCUT2D eigenvalue weighted by atomic mass is 9.77. The standard InChI is InChI=1S/C32H43F3O/c1-3-5-24-8-14-27(15-9-24)29-18-20-30(21-19-29)31(33)32(34,35)36-22-25-10-16-28(17-11-25)26-12-6-23(4-2)7-13-26/h10-11,16-21,23-24,26-27,31H,3-9,12-15,22H2,1-2H3. The van der Waals surface area contributed by atoms with Crippen LogP contribution < -0.4 is 0 Å². The zero-order valence-electron chi connectivity index (χ0n) is 22.0. The van der Waals surface area contributed by atoms with Gasteiger partial charge in [-0.15, -0.1) is 0 Å². The van der Waals surface area contributed by atoms with Gasteiger partial charge in [-0.1, -0.05) is 81.6 Å². The highest BCUT2D eigenvalue weighted by Gasteiger charge is 2.43. The van der Waals surface area contributed by atoms with Gasteiger partial charge in [-0.3, -0.25) is 0 Å². The number of rotatable bonds is 10. The predicted octanol–water partition coefficient (Wildman–Crippen LogP) is 10.3. The van der Waals surface area contributed by atoms with Gasteiger partial charge in [0.1, 0.15) is 0 Å². The normalized spacial score (nSPS) is 26.0. The van der Waals surface area contributed by atoms with E-state index in [-0.39, 0.29) is 12.2 Å². The molecule has 0 spiro atoms. The molecular formula is C32H43F3O. The minimum atomic E-state index is -3.88. The number of benzene rings is 2. The zero-order chi connectivity index (χ0) is 25.5. The Bertz CT molecular complexity index is 907. The van der Waals surface area contributed by atoms with E-state index in [1.807, 2.05) is 36.4 Å². The van der Waals surface area contributed by atoms with Crippen LogP contribution in [0.1, 0.15) is 125 Å². The number of halogens is 3. The lowest BCUT2D eigenvalue weighted by Gasteiger charge is -2.29. The molecule has 36 heavy (non-hydrogen) atoms. The van der Waals surface area contributed by atoms with Crippen molar-refractivity contribution < 1.29 is 17.9 Å². The van der Waals surface area contributed by atoms with E-state index in [1.165, 1.54) is 75.5 Å². The molecule has 0 N–H and O–H groups in total. The first-order valence-corrected chi connectivity index (χ1v) is 14.2. The first-order valence-electron chi connectivity index (χ1n) is 14.2. The Hall–Kier alpha value is -1.81. The minimum Gasteiger partial charge on any atom is -0.313 e. The molecule has 0 bridgehead atoms. The van der Waals surface area contributed by atoms with Gasteiger partial charge in [0.05, 0.1) is 6.61 Å². The zero-order valence-corrected chi connectivity index (χ0v) is 22.0. The van der Waals surface area contributed by atoms with Crippen molar-refractivity contribution >= 4 is 0 Å². The third kappa shape index (κ3) is 6.94. The van der Waals surface area contributed by atoms with Gasteiger partial charge in [0.2, 0.25) is 6.17 Å². The Morgan fingerprint density at radius 3 is 1.75 bits per heavy atom. The van der Waals surface area contributed by atoms with Crippen LogP contribution in [0, 0.1) is 11.8 Å². The molecule has 2 fully saturated rings. The molecule has 1 unspecified atom stereocenters. The minimum absolute atomic E-state index is 0.0264. The van der Waals surface area contributed by atoms with E-state index in [9.17, 15) is 13.2 Å². The van der Waals surface area contributed by atoms with Crippen LogP contribution in [0.5, 0.6) is 0 Å². The van der Waals surface area contributed by atoms with Crippen LogP contribution in [0.2, 0.25) is 0 Å². The smallest absolute Gasteiger partial charge is 0.313 e. The molecule has 1 atom stereocenters. The summed E-state index contributed by atoms with van der Waals surface area (Å²) in [4.78, 5) is 0. The molecule has 2 aliphatic rings. The summed E-state index contributed by atoms with van der Waals surface area (Å²) >= 11 is 0. The summed E-state index contributed by atoms with van der Waals surface area (Å²) in [7, 11) is 0. The van der Waals surface area contributed by atoms with Gasteiger partial charge in [-0.05, 0) is 97.3 Å². The molecule has 2 saturated carbocycles. The van der Waals surface area contributed by atoms with E-state index in [1.54, 1.807) is 0 Å². The molecule has 0 heterocycles. The van der Waals surface area contributed by atoms with Crippen molar-refractivity contribution in [3.8, 4) is 0 Å². The second-order valence-corrected chi connectivity index (χ2v) is 11.3. The molecule has 2 aromatic rings. The fraction of sp³-hybridized carbons (Fsp3) is 0.625. The Morgan fingerprint density at radius 1 is 0.750 bits per heavy atom. The molecule has 4 heteroatoms. The second-order valence-electron chi connectivity index (χ2n) is 11.3. The quantitative estimate of drug-likeness (QED) is 0.315. The summed E-state index contributed by atoms with van der Waals surface area (Å²) in [6.07, 6.45) is 6.99. The molecular weight excluding hydrogens is 457 g/mol. The fourth-order valence-electron chi connectivity index (χ4n) is 6.37. The Kier molecular flexibility index (Phi) is 9.55. The summed E-state index contributed by atoms with van der Waals surface area (Å²) in [5.74, 6) is 2.65. The Labute approximate surface area is 215 Å². The van der Waals surface area contributed by atoms with Gasteiger partial charge >= 0.3 is 6.11 Å². The topological polar surface area (TPSA) is 9.23 Å². The Balaban J connectivity index is 1.28. The maximum Gasteiger partial charge on any atom is 0.391 e. The first-order chi connectivity index (χ1) is 17.4. The maximum atomic E-state index is 14.8. The SMILES string of the molecule is CCCC1CCC(c2ccc(C(F)C(F)(F)OCc3ccc(C4CCC(CC)CC4)cc3)cc2)CC1. The van der Waals surface area contributed by atoms with Crippen LogP contribution in [-0.4, -0.2) is 6.11 Å². The molecule has 0 aromatic heterocycles. The fourth-order valence-corrected chi connectivity index (χ4v) is 6.37. The van der Waals surface area contributed by atoms with Crippen LogP contribution in [0.3, 0.4) is 0 Å². The van der Waals surface area contributed by atoms with Crippen LogP contribution in [-0.2, 0) is 11.3 Å². The molecule has 2 aromatic carbocycles. The van der Waals surface area contributed by atoms with Crippen molar-refractivity contribution in [2.75, 3.05) is 0 Å². The summed E-state index contributed by atoms with van der Waals surface area (Å²) in [5, 5.41) is 0. The highest BCUT2D eigenvalue weighted by atomic mass is 19.3. The van der Waals surface area contributed by atoms with Crippen LogP contribution in [0.15, 0.2) is 48.5 Å². The lowest BCUT2D eigenvalue weighted by molar-refractivity contribution is -0.282. The average molecular weight is 501 g/mol. The molecule has 4 rings (SSSR count). The molecule has 0 amide bonds. The molecule has 0 aliphatic heterocycles. The Morgan fingerprint density at radius 2 is 1.25 bits per heavy atom. The maximum absolute atomic E-state index is 14.8. The van der Waals surface area contributed by atoms with Crippen molar-refractivity contribution in [3.63, 3.8) is 0 Å². The molecule has 2 aliphatic carbocycles. The van der Waals surface area contributed by atoms with E-state index < -0.39 is 12.3 Å². The molecule has 198 valence electrons. The lowest BCUT2D eigenvalue weighted by Crippen LogP contribution is -2.27. The van der Waals surface area contributed by atoms with E-state index in [2.05, 4.69) is 13.8 Å². The number of ether oxygens (including phenoxy) is 1. The van der Waals surface area contributed by atoms with Crippen molar-refractivity contribution in [1.82, 2.24) is 0 Å². The van der Waals surface area contributed by atoms with Crippen molar-refractivity contribution in [2.45, 2.75) is 115 Å². The highest BCUT2D eigenvalue weighted by molar-refractivity contribution is 5.28. The van der Waals surface area contributed by atoms with Gasteiger partial charge in [0, 0.05) is 0 Å². The van der Waals surface area contributed by atoms with Gasteiger partial charge < -0.3 is 4.74 Å². The summed E-state index contributed by atoms with van der Waals surface area (Å²) in [6, 6.07) is 14.4. The highest BCUT2D eigenvalue weighted by Crippen LogP contribution is 2.41. The van der Waals surface area contributed by atoms with Crippen molar-refractivity contribution in [1.29, 1.82) is 0 Å². The van der Waals surface area contributed by atoms with Gasteiger partial charge in [-0.2, -0.15) is 8.78 Å². The van der Waals surface area contributed by atoms with Crippen LogP contribution >= 0.6 is 0 Å². The largest absolute Gasteiger partial charge is 0.391 e. The van der Waals surface area contributed by atoms with Gasteiger partial charge in [0.15, 0.2) is 0 Å². The van der Waals surface area contributed by atoms with Crippen molar-refractivity contribution in [2.24, 2.45) is 11.8 Å². The van der Waals surface area contributed by atoms with E-state index in [0.29, 0.717) is 17.4 Å². The van der Waals surface area contributed by atoms with Crippen molar-refractivity contribution in [3.05, 3.63) is 70.8 Å². The predicted molar refractivity (Wildman–Crippen MR) is 141 cm³/mol. The third-order valence-electron chi connectivity index (χ3n) is 8.85. The number of alkyl halides is 3. The van der Waals surface area contributed by atoms with Crippen LogP contribution in [0.4, 0.5) is 13.2 Å². The van der Waals surface area contributed by atoms with Gasteiger partial charge in [0.25, 0.3) is 0 Å².